The lowest BCUT2D eigenvalue weighted by Crippen LogP contribution is -2.01. The summed E-state index contributed by atoms with van der Waals surface area (Å²) in [7, 11) is 0. The second-order valence-corrected chi connectivity index (χ2v) is 3.08. The van der Waals surface area contributed by atoms with Crippen molar-refractivity contribution in [3.05, 3.63) is 18.5 Å². The first-order valence-electron chi connectivity index (χ1n) is 4.73. The molecule has 0 unspecified atom stereocenters. The van der Waals surface area contributed by atoms with E-state index < -0.39 is 0 Å². The Kier molecular flexibility index (Phi) is 2.57. The van der Waals surface area contributed by atoms with Crippen LogP contribution in [0.5, 0.6) is 0 Å². The van der Waals surface area contributed by atoms with Crippen LogP contribution in [0, 0.1) is 0 Å². The average molecular weight is 204 g/mol. The summed E-state index contributed by atoms with van der Waals surface area (Å²) < 4.78 is 0. The molecule has 0 atom stereocenters. The number of aromatic nitrogens is 5. The molecule has 0 aliphatic heterocycles. The minimum absolute atomic E-state index is 0.372. The van der Waals surface area contributed by atoms with Crippen LogP contribution in [0.2, 0.25) is 0 Å². The fourth-order valence-corrected chi connectivity index (χ4v) is 1.26. The minimum Gasteiger partial charge on any atom is -0.382 e. The number of anilines is 1. The molecule has 0 radical (unpaired) electrons. The fourth-order valence-electron chi connectivity index (χ4n) is 1.26. The molecule has 0 saturated carbocycles. The maximum Gasteiger partial charge on any atom is 0.207 e. The van der Waals surface area contributed by atoms with Crippen molar-refractivity contribution >= 4 is 17.0 Å². The third-order valence-corrected chi connectivity index (χ3v) is 1.99. The highest BCUT2D eigenvalue weighted by Crippen LogP contribution is 2.10. The van der Waals surface area contributed by atoms with Gasteiger partial charge in [0, 0.05) is 0 Å². The predicted octanol–water partition coefficient (Wildman–Crippen LogP) is 0.770. The van der Waals surface area contributed by atoms with Gasteiger partial charge in [0.25, 0.3) is 0 Å². The Hall–Kier alpha value is -1.98. The quantitative estimate of drug-likeness (QED) is 0.746. The van der Waals surface area contributed by atoms with Crippen LogP contribution in [0.3, 0.4) is 0 Å². The number of allylic oxidation sites excluding steroid dienone is 2. The van der Waals surface area contributed by atoms with Crippen molar-refractivity contribution in [3.8, 4) is 0 Å². The molecular weight excluding hydrogens is 192 g/mol. The van der Waals surface area contributed by atoms with E-state index >= 15 is 0 Å². The van der Waals surface area contributed by atoms with Gasteiger partial charge in [0.15, 0.2) is 11.3 Å². The van der Waals surface area contributed by atoms with Crippen LogP contribution in [-0.2, 0) is 6.54 Å². The topological polar surface area (TPSA) is 82.5 Å². The number of nitrogen functional groups attached to an aromatic ring is 1. The number of nitrogens with zero attached hydrogens (tertiary/aromatic N) is 5. The summed E-state index contributed by atoms with van der Waals surface area (Å²) in [5.41, 5.74) is 6.76. The monoisotopic (exact) mass is 204 g/mol. The van der Waals surface area contributed by atoms with Gasteiger partial charge in [0.05, 0.1) is 6.54 Å². The summed E-state index contributed by atoms with van der Waals surface area (Å²) in [5.74, 6) is 0.372. The maximum atomic E-state index is 5.64. The van der Waals surface area contributed by atoms with Crippen LogP contribution < -0.4 is 5.73 Å². The molecular formula is C9H12N6. The molecule has 2 aromatic heterocycles. The first-order chi connectivity index (χ1) is 7.31. The van der Waals surface area contributed by atoms with E-state index in [0.29, 0.717) is 17.0 Å². The van der Waals surface area contributed by atoms with Crippen molar-refractivity contribution in [2.75, 3.05) is 5.73 Å². The third kappa shape index (κ3) is 1.93. The van der Waals surface area contributed by atoms with Gasteiger partial charge in [-0.1, -0.05) is 12.2 Å². The van der Waals surface area contributed by atoms with Crippen LogP contribution in [0.25, 0.3) is 11.2 Å². The first kappa shape index (κ1) is 9.57. The van der Waals surface area contributed by atoms with Crippen LogP contribution in [0.4, 0.5) is 5.82 Å². The lowest BCUT2D eigenvalue weighted by molar-refractivity contribution is 0.550. The Bertz CT molecular complexity index is 486. The number of aryl methyl sites for hydroxylation is 1. The van der Waals surface area contributed by atoms with Gasteiger partial charge < -0.3 is 5.73 Å². The van der Waals surface area contributed by atoms with E-state index in [2.05, 4.69) is 26.2 Å². The molecule has 2 rings (SSSR count). The van der Waals surface area contributed by atoms with E-state index in [1.165, 1.54) is 6.33 Å². The number of hydrogen-bond donors (Lipinski definition) is 1. The van der Waals surface area contributed by atoms with Crippen molar-refractivity contribution in [3.63, 3.8) is 0 Å². The summed E-state index contributed by atoms with van der Waals surface area (Å²) >= 11 is 0. The molecule has 15 heavy (non-hydrogen) atoms. The molecule has 0 fully saturated rings. The largest absolute Gasteiger partial charge is 0.382 e. The van der Waals surface area contributed by atoms with Gasteiger partial charge in [-0.05, 0) is 13.3 Å². The second-order valence-electron chi connectivity index (χ2n) is 3.08. The highest BCUT2D eigenvalue weighted by Gasteiger charge is 2.06. The van der Waals surface area contributed by atoms with Crippen molar-refractivity contribution in [1.82, 2.24) is 25.0 Å². The maximum absolute atomic E-state index is 5.64. The molecule has 2 aromatic rings. The first-order valence-corrected chi connectivity index (χ1v) is 4.73. The summed E-state index contributed by atoms with van der Waals surface area (Å²) in [6, 6.07) is 0. The molecule has 0 amide bonds. The Morgan fingerprint density at radius 3 is 3.00 bits per heavy atom. The normalized spacial score (nSPS) is 11.5. The zero-order valence-corrected chi connectivity index (χ0v) is 8.46. The number of fused-ring (bicyclic) bond motifs is 1. The molecule has 6 nitrogen and oxygen atoms in total. The highest BCUT2D eigenvalue weighted by molar-refractivity contribution is 5.79. The summed E-state index contributed by atoms with van der Waals surface area (Å²) in [6.45, 7) is 2.70. The van der Waals surface area contributed by atoms with Gasteiger partial charge in [0.1, 0.15) is 6.33 Å². The van der Waals surface area contributed by atoms with Crippen molar-refractivity contribution in [2.45, 2.75) is 19.9 Å². The van der Waals surface area contributed by atoms with Gasteiger partial charge in [0.2, 0.25) is 5.65 Å². The molecule has 2 N–H and O–H groups in total. The number of hydrogen-bond acceptors (Lipinski definition) is 5. The average Bonchev–Trinajstić information content (AvgIpc) is 2.63. The van der Waals surface area contributed by atoms with Crippen LogP contribution in [-0.4, -0.2) is 25.0 Å². The van der Waals surface area contributed by atoms with Gasteiger partial charge in [-0.15, -0.1) is 10.2 Å². The van der Waals surface area contributed by atoms with E-state index in [-0.39, 0.29) is 0 Å². The van der Waals surface area contributed by atoms with Gasteiger partial charge in [-0.2, -0.15) is 4.80 Å². The summed E-state index contributed by atoms with van der Waals surface area (Å²) in [4.78, 5) is 9.43. The van der Waals surface area contributed by atoms with Gasteiger partial charge >= 0.3 is 0 Å². The van der Waals surface area contributed by atoms with Crippen molar-refractivity contribution < 1.29 is 0 Å². The van der Waals surface area contributed by atoms with Crippen molar-refractivity contribution in [1.29, 1.82) is 0 Å². The zero-order chi connectivity index (χ0) is 10.7. The molecule has 0 spiro atoms. The molecule has 6 heteroatoms. The molecule has 0 aromatic carbocycles. The summed E-state index contributed by atoms with van der Waals surface area (Å²) in [5, 5.41) is 8.39. The molecule has 0 saturated heterocycles. The molecule has 0 bridgehead atoms. The third-order valence-electron chi connectivity index (χ3n) is 1.99. The van der Waals surface area contributed by atoms with E-state index in [1.54, 1.807) is 4.80 Å². The SMILES string of the molecule is C/C=C\CCn1nc2ncnc(N)c2n1. The second kappa shape index (κ2) is 4.04. The number of rotatable bonds is 3. The zero-order valence-electron chi connectivity index (χ0n) is 8.46. The Morgan fingerprint density at radius 2 is 2.27 bits per heavy atom. The number of nitrogens with two attached hydrogens (primary N) is 1. The van der Waals surface area contributed by atoms with Gasteiger partial charge in [-0.3, -0.25) is 0 Å². The van der Waals surface area contributed by atoms with Gasteiger partial charge in [-0.25, -0.2) is 9.97 Å². The van der Waals surface area contributed by atoms with E-state index in [4.69, 9.17) is 5.73 Å². The van der Waals surface area contributed by atoms with Crippen LogP contribution in [0.15, 0.2) is 18.5 Å². The lowest BCUT2D eigenvalue weighted by atomic mass is 10.4. The highest BCUT2D eigenvalue weighted by atomic mass is 15.5. The Labute approximate surface area is 86.8 Å². The molecule has 0 aliphatic rings. The molecule has 0 aliphatic carbocycles. The van der Waals surface area contributed by atoms with Crippen molar-refractivity contribution in [2.24, 2.45) is 0 Å². The lowest BCUT2D eigenvalue weighted by Gasteiger charge is -1.92. The smallest absolute Gasteiger partial charge is 0.207 e. The standard InChI is InChI=1S/C9H12N6/c1-2-3-4-5-15-13-7-8(10)11-6-12-9(7)14-15/h2-3,6H,4-5H2,1H3,(H2,10,11,12,14)/b3-2-. The molecule has 78 valence electrons. The van der Waals surface area contributed by atoms with E-state index in [9.17, 15) is 0 Å². The van der Waals surface area contributed by atoms with E-state index in [1.807, 2.05) is 13.0 Å². The molecule has 2 heterocycles. The fraction of sp³-hybridized carbons (Fsp3) is 0.333. The van der Waals surface area contributed by atoms with Crippen LogP contribution in [0.1, 0.15) is 13.3 Å². The minimum atomic E-state index is 0.372. The predicted molar refractivity (Wildman–Crippen MR) is 57.0 cm³/mol. The summed E-state index contributed by atoms with van der Waals surface area (Å²) in [6.07, 6.45) is 6.34. The van der Waals surface area contributed by atoms with Crippen LogP contribution >= 0.6 is 0 Å². The Balaban J connectivity index is 2.27. The Morgan fingerprint density at radius 1 is 1.40 bits per heavy atom. The van der Waals surface area contributed by atoms with E-state index in [0.717, 1.165) is 13.0 Å².